The van der Waals surface area contributed by atoms with Gasteiger partial charge in [-0.05, 0) is 6.42 Å². The highest BCUT2D eigenvalue weighted by Crippen LogP contribution is 2.20. The third-order valence-corrected chi connectivity index (χ3v) is 2.33. The van der Waals surface area contributed by atoms with Crippen LogP contribution in [0.4, 0.5) is 0 Å². The van der Waals surface area contributed by atoms with Crippen molar-refractivity contribution >= 4 is 5.91 Å². The molecule has 0 spiro atoms. The van der Waals surface area contributed by atoms with Crippen LogP contribution in [0.5, 0.6) is 0 Å². The lowest BCUT2D eigenvalue weighted by Gasteiger charge is -2.14. The molecule has 1 heterocycles. The summed E-state index contributed by atoms with van der Waals surface area (Å²) in [5.41, 5.74) is 0. The number of carbonyl (C=O) groups is 1. The highest BCUT2D eigenvalue weighted by molar-refractivity contribution is 5.78. The minimum Gasteiger partial charge on any atom is -0.393 e. The van der Waals surface area contributed by atoms with Gasteiger partial charge in [0.1, 0.15) is 0 Å². The van der Waals surface area contributed by atoms with Crippen molar-refractivity contribution in [2.75, 3.05) is 13.6 Å². The van der Waals surface area contributed by atoms with Crippen molar-refractivity contribution in [3.8, 4) is 0 Å². The lowest BCUT2D eigenvalue weighted by atomic mass is 10.00. The second-order valence-electron chi connectivity index (χ2n) is 3.21. The number of carbonyl (C=O) groups excluding carboxylic acids is 1. The highest BCUT2D eigenvalue weighted by atomic mass is 16.3. The number of likely N-dealkylation sites (tertiary alicyclic amines) is 1. The summed E-state index contributed by atoms with van der Waals surface area (Å²) in [7, 11) is 1.78. The van der Waals surface area contributed by atoms with Gasteiger partial charge in [-0.1, -0.05) is 6.92 Å². The van der Waals surface area contributed by atoms with Crippen LogP contribution in [-0.2, 0) is 4.79 Å². The topological polar surface area (TPSA) is 40.5 Å². The Labute approximate surface area is 67.0 Å². The summed E-state index contributed by atoms with van der Waals surface area (Å²) in [4.78, 5) is 12.7. The molecule has 0 aromatic heterocycles. The van der Waals surface area contributed by atoms with Crippen LogP contribution >= 0.6 is 0 Å². The van der Waals surface area contributed by atoms with Crippen LogP contribution in [-0.4, -0.2) is 35.6 Å². The molecule has 1 N–H and O–H groups in total. The molecule has 0 aliphatic carbocycles. The Balaban J connectivity index is 2.46. The fourth-order valence-electron chi connectivity index (χ4n) is 1.49. The van der Waals surface area contributed by atoms with Crippen LogP contribution in [0.15, 0.2) is 0 Å². The van der Waals surface area contributed by atoms with E-state index in [9.17, 15) is 9.90 Å². The zero-order valence-corrected chi connectivity index (χ0v) is 7.08. The van der Waals surface area contributed by atoms with Crippen LogP contribution in [0.2, 0.25) is 0 Å². The van der Waals surface area contributed by atoms with Crippen LogP contribution < -0.4 is 0 Å². The van der Waals surface area contributed by atoms with Gasteiger partial charge in [0.25, 0.3) is 0 Å². The van der Waals surface area contributed by atoms with Crippen molar-refractivity contribution in [1.82, 2.24) is 4.90 Å². The first-order valence-electron chi connectivity index (χ1n) is 4.07. The van der Waals surface area contributed by atoms with Crippen LogP contribution in [0.25, 0.3) is 0 Å². The SMILES string of the molecule is CCC(O)C1CC(=O)N(C)C1. The zero-order chi connectivity index (χ0) is 8.43. The molecule has 1 saturated heterocycles. The molecular formula is C8H15NO2. The molecule has 2 unspecified atom stereocenters. The van der Waals surface area contributed by atoms with Gasteiger partial charge in [-0.2, -0.15) is 0 Å². The average Bonchev–Trinajstić information content (AvgIpc) is 2.31. The lowest BCUT2D eigenvalue weighted by molar-refractivity contribution is -0.126. The molecule has 2 atom stereocenters. The number of hydrogen-bond acceptors (Lipinski definition) is 2. The van der Waals surface area contributed by atoms with Crippen molar-refractivity contribution in [2.45, 2.75) is 25.9 Å². The summed E-state index contributed by atoms with van der Waals surface area (Å²) in [5.74, 6) is 0.319. The average molecular weight is 157 g/mol. The first-order valence-corrected chi connectivity index (χ1v) is 4.07. The Kier molecular flexibility index (Phi) is 2.49. The second kappa shape index (κ2) is 3.22. The molecule has 0 aromatic rings. The Morgan fingerprint density at radius 1 is 1.82 bits per heavy atom. The predicted octanol–water partition coefficient (Wildman–Crippen LogP) is 0.236. The monoisotopic (exact) mass is 157 g/mol. The normalized spacial score (nSPS) is 27.7. The van der Waals surface area contributed by atoms with Gasteiger partial charge < -0.3 is 10.0 Å². The Morgan fingerprint density at radius 3 is 2.82 bits per heavy atom. The van der Waals surface area contributed by atoms with Crippen LogP contribution in [0.1, 0.15) is 19.8 Å². The maximum atomic E-state index is 11.0. The van der Waals surface area contributed by atoms with E-state index in [1.54, 1.807) is 11.9 Å². The van der Waals surface area contributed by atoms with Crippen molar-refractivity contribution in [2.24, 2.45) is 5.92 Å². The molecule has 0 saturated carbocycles. The van der Waals surface area contributed by atoms with E-state index < -0.39 is 0 Å². The molecule has 3 nitrogen and oxygen atoms in total. The maximum Gasteiger partial charge on any atom is 0.222 e. The van der Waals surface area contributed by atoms with Crippen molar-refractivity contribution in [3.63, 3.8) is 0 Å². The first kappa shape index (κ1) is 8.53. The van der Waals surface area contributed by atoms with E-state index in [4.69, 9.17) is 0 Å². The smallest absolute Gasteiger partial charge is 0.222 e. The van der Waals surface area contributed by atoms with Crippen molar-refractivity contribution < 1.29 is 9.90 Å². The first-order chi connectivity index (χ1) is 5.15. The fourth-order valence-corrected chi connectivity index (χ4v) is 1.49. The number of amides is 1. The third-order valence-electron chi connectivity index (χ3n) is 2.33. The van der Waals surface area contributed by atoms with E-state index in [0.29, 0.717) is 13.0 Å². The van der Waals surface area contributed by atoms with E-state index in [1.807, 2.05) is 6.92 Å². The fraction of sp³-hybridized carbons (Fsp3) is 0.875. The van der Waals surface area contributed by atoms with E-state index in [2.05, 4.69) is 0 Å². The molecule has 1 aliphatic heterocycles. The summed E-state index contributed by atoms with van der Waals surface area (Å²) in [5, 5.41) is 9.41. The van der Waals surface area contributed by atoms with Gasteiger partial charge in [-0.25, -0.2) is 0 Å². The Bertz CT molecular complexity index is 158. The lowest BCUT2D eigenvalue weighted by Crippen LogP contribution is -2.23. The van der Waals surface area contributed by atoms with Crippen molar-refractivity contribution in [3.05, 3.63) is 0 Å². The van der Waals surface area contributed by atoms with Gasteiger partial charge in [0.2, 0.25) is 5.91 Å². The summed E-state index contributed by atoms with van der Waals surface area (Å²) in [6, 6.07) is 0. The van der Waals surface area contributed by atoms with Gasteiger partial charge in [-0.3, -0.25) is 4.79 Å². The zero-order valence-electron chi connectivity index (χ0n) is 7.08. The molecule has 11 heavy (non-hydrogen) atoms. The molecule has 64 valence electrons. The van der Waals surface area contributed by atoms with Crippen LogP contribution in [0.3, 0.4) is 0 Å². The van der Waals surface area contributed by atoms with Gasteiger partial charge in [0.05, 0.1) is 6.10 Å². The summed E-state index contributed by atoms with van der Waals surface area (Å²) in [6.45, 7) is 2.65. The molecule has 1 amide bonds. The molecule has 0 bridgehead atoms. The van der Waals surface area contributed by atoms with E-state index in [0.717, 1.165) is 6.42 Å². The summed E-state index contributed by atoms with van der Waals surface area (Å²) >= 11 is 0. The quantitative estimate of drug-likeness (QED) is 0.623. The van der Waals surface area contributed by atoms with Gasteiger partial charge >= 0.3 is 0 Å². The third kappa shape index (κ3) is 1.71. The number of hydrogen-bond donors (Lipinski definition) is 1. The number of rotatable bonds is 2. The minimum atomic E-state index is -0.302. The van der Waals surface area contributed by atoms with Crippen molar-refractivity contribution in [1.29, 1.82) is 0 Å². The van der Waals surface area contributed by atoms with E-state index in [1.165, 1.54) is 0 Å². The molecule has 0 radical (unpaired) electrons. The van der Waals surface area contributed by atoms with Gasteiger partial charge in [0, 0.05) is 25.9 Å². The molecular weight excluding hydrogens is 142 g/mol. The highest BCUT2D eigenvalue weighted by Gasteiger charge is 2.30. The van der Waals surface area contributed by atoms with Gasteiger partial charge in [0.15, 0.2) is 0 Å². The summed E-state index contributed by atoms with van der Waals surface area (Å²) in [6.07, 6.45) is 0.959. The molecule has 1 fully saturated rings. The number of nitrogens with zero attached hydrogens (tertiary/aromatic N) is 1. The molecule has 1 aliphatic rings. The second-order valence-corrected chi connectivity index (χ2v) is 3.21. The van der Waals surface area contributed by atoms with Gasteiger partial charge in [-0.15, -0.1) is 0 Å². The summed E-state index contributed by atoms with van der Waals surface area (Å²) < 4.78 is 0. The molecule has 3 heteroatoms. The predicted molar refractivity (Wildman–Crippen MR) is 42.0 cm³/mol. The Morgan fingerprint density at radius 2 is 2.45 bits per heavy atom. The molecule has 1 rings (SSSR count). The maximum absolute atomic E-state index is 11.0. The van der Waals surface area contributed by atoms with E-state index >= 15 is 0 Å². The van der Waals surface area contributed by atoms with Crippen LogP contribution in [0, 0.1) is 5.92 Å². The largest absolute Gasteiger partial charge is 0.393 e. The van der Waals surface area contributed by atoms with E-state index in [-0.39, 0.29) is 17.9 Å². The molecule has 0 aromatic carbocycles. The minimum absolute atomic E-state index is 0.155. The standard InChI is InChI=1S/C8H15NO2/c1-3-7(10)6-4-8(11)9(2)5-6/h6-7,10H,3-5H2,1-2H3. The Hall–Kier alpha value is -0.570. The number of aliphatic hydroxyl groups excluding tert-OH is 1. The number of aliphatic hydroxyl groups is 1.